The van der Waals surface area contributed by atoms with Crippen LogP contribution in [0.2, 0.25) is 0 Å². The maximum atomic E-state index is 4.52. The van der Waals surface area contributed by atoms with E-state index in [0.29, 0.717) is 5.92 Å². The smallest absolute Gasteiger partial charge is 0.0202 e. The molecule has 0 heterocycles. The average molecular weight is 345 g/mol. The summed E-state index contributed by atoms with van der Waals surface area (Å²) in [4.78, 5) is 0. The van der Waals surface area contributed by atoms with Crippen molar-refractivity contribution in [3.05, 3.63) is 83.4 Å². The zero-order valence-corrected chi connectivity index (χ0v) is 16.2. The van der Waals surface area contributed by atoms with Crippen molar-refractivity contribution in [2.45, 2.75) is 69.6 Å². The Morgan fingerprint density at radius 1 is 0.885 bits per heavy atom. The summed E-state index contributed by atoms with van der Waals surface area (Å²) in [7, 11) is 0. The summed E-state index contributed by atoms with van der Waals surface area (Å²) in [5, 5.41) is 0. The summed E-state index contributed by atoms with van der Waals surface area (Å²) in [6, 6.07) is 20.8. The van der Waals surface area contributed by atoms with Gasteiger partial charge in [0.25, 0.3) is 0 Å². The van der Waals surface area contributed by atoms with Gasteiger partial charge in [0.05, 0.1) is 0 Å². The third kappa shape index (κ3) is 3.04. The van der Waals surface area contributed by atoms with Crippen molar-refractivity contribution in [3.8, 4) is 0 Å². The van der Waals surface area contributed by atoms with E-state index in [9.17, 15) is 0 Å². The monoisotopic (exact) mass is 344 g/mol. The third-order valence-corrected chi connectivity index (χ3v) is 7.05. The van der Waals surface area contributed by atoms with Crippen LogP contribution in [0, 0.1) is 5.92 Å². The molecular weight excluding hydrogens is 312 g/mol. The van der Waals surface area contributed by atoms with Crippen LogP contribution in [-0.4, -0.2) is 0 Å². The Balaban J connectivity index is 1.58. The molecule has 0 amide bonds. The van der Waals surface area contributed by atoms with Crippen molar-refractivity contribution in [3.63, 3.8) is 0 Å². The fourth-order valence-corrected chi connectivity index (χ4v) is 5.35. The van der Waals surface area contributed by atoms with Gasteiger partial charge in [0, 0.05) is 11.3 Å². The van der Waals surface area contributed by atoms with Gasteiger partial charge in [-0.3, -0.25) is 0 Å². The van der Waals surface area contributed by atoms with Crippen molar-refractivity contribution < 1.29 is 0 Å². The minimum absolute atomic E-state index is 0.258. The van der Waals surface area contributed by atoms with Gasteiger partial charge < -0.3 is 0 Å². The Morgan fingerprint density at radius 3 is 2.19 bits per heavy atom. The van der Waals surface area contributed by atoms with Crippen LogP contribution in [0.3, 0.4) is 0 Å². The first-order chi connectivity index (χ1) is 12.7. The lowest BCUT2D eigenvalue weighted by Gasteiger charge is -2.43. The first-order valence-electron chi connectivity index (χ1n) is 10.6. The zero-order valence-electron chi connectivity index (χ0n) is 16.2. The predicted molar refractivity (Wildman–Crippen MR) is 112 cm³/mol. The molecule has 0 nitrogen and oxygen atoms in total. The van der Waals surface area contributed by atoms with E-state index in [2.05, 4.69) is 68.1 Å². The lowest BCUT2D eigenvalue weighted by atomic mass is 9.60. The average Bonchev–Trinajstić information content (AvgIpc) is 2.64. The molecule has 26 heavy (non-hydrogen) atoms. The second kappa shape index (κ2) is 7.43. The molecule has 2 atom stereocenters. The summed E-state index contributed by atoms with van der Waals surface area (Å²) in [5.41, 5.74) is 6.23. The van der Waals surface area contributed by atoms with E-state index >= 15 is 0 Å². The molecule has 0 radical (unpaired) electrons. The molecule has 0 spiro atoms. The molecule has 2 aliphatic carbocycles. The van der Waals surface area contributed by atoms with E-state index in [1.165, 1.54) is 73.6 Å². The second-order valence-electron chi connectivity index (χ2n) is 8.47. The molecular formula is C26H32. The van der Waals surface area contributed by atoms with Crippen LogP contribution in [0.15, 0.2) is 66.7 Å². The minimum Gasteiger partial charge on any atom is -0.0990 e. The van der Waals surface area contributed by atoms with Crippen LogP contribution in [0.1, 0.15) is 80.9 Å². The highest BCUT2D eigenvalue weighted by Crippen LogP contribution is 2.49. The molecule has 0 saturated heterocycles. The van der Waals surface area contributed by atoms with E-state index in [1.807, 2.05) is 0 Å². The van der Waals surface area contributed by atoms with Gasteiger partial charge in [0.15, 0.2) is 0 Å². The highest BCUT2D eigenvalue weighted by atomic mass is 14.4. The Kier molecular flexibility index (Phi) is 5.02. The Morgan fingerprint density at radius 2 is 1.58 bits per heavy atom. The van der Waals surface area contributed by atoms with Gasteiger partial charge in [-0.2, -0.15) is 0 Å². The maximum absolute atomic E-state index is 4.52. The van der Waals surface area contributed by atoms with Crippen molar-refractivity contribution >= 4 is 0 Å². The first kappa shape index (κ1) is 17.6. The molecule has 0 aromatic heterocycles. The van der Waals surface area contributed by atoms with Crippen LogP contribution >= 0.6 is 0 Å². The molecule has 2 saturated carbocycles. The topological polar surface area (TPSA) is 0 Å². The van der Waals surface area contributed by atoms with E-state index in [4.69, 9.17) is 0 Å². The highest BCUT2D eigenvalue weighted by Gasteiger charge is 2.40. The number of hydrogen-bond donors (Lipinski definition) is 0. The van der Waals surface area contributed by atoms with Crippen molar-refractivity contribution in [1.82, 2.24) is 0 Å². The molecule has 2 aliphatic rings. The molecule has 2 fully saturated rings. The number of benzene rings is 2. The number of hydrogen-bond acceptors (Lipinski definition) is 0. The molecule has 4 rings (SSSR count). The highest BCUT2D eigenvalue weighted by molar-refractivity contribution is 5.44. The van der Waals surface area contributed by atoms with E-state index in [0.717, 1.165) is 5.92 Å². The number of rotatable bonds is 5. The van der Waals surface area contributed by atoms with Gasteiger partial charge in [-0.25, -0.2) is 0 Å². The zero-order chi connectivity index (χ0) is 18.0. The van der Waals surface area contributed by atoms with E-state index < -0.39 is 0 Å². The van der Waals surface area contributed by atoms with Gasteiger partial charge in [-0.1, -0.05) is 92.9 Å². The fraction of sp³-hybridized carbons (Fsp3) is 0.462. The van der Waals surface area contributed by atoms with Gasteiger partial charge in [0.1, 0.15) is 0 Å². The molecule has 2 aromatic rings. The lowest BCUT2D eigenvalue weighted by molar-refractivity contribution is 0.301. The molecule has 0 aliphatic heterocycles. The molecule has 0 bridgehead atoms. The van der Waals surface area contributed by atoms with Crippen molar-refractivity contribution in [1.29, 1.82) is 0 Å². The SMILES string of the molecule is C=C1C(CCC)CCCC1c1ccc(C2(c3ccccc3)CCC2)cc1. The Hall–Kier alpha value is -1.82. The summed E-state index contributed by atoms with van der Waals surface area (Å²) >= 11 is 0. The Bertz CT molecular complexity index is 731. The van der Waals surface area contributed by atoms with E-state index in [1.54, 1.807) is 0 Å². The fourth-order valence-electron chi connectivity index (χ4n) is 5.35. The first-order valence-corrected chi connectivity index (χ1v) is 10.6. The number of allylic oxidation sites excluding steroid dienone is 1. The largest absolute Gasteiger partial charge is 0.0990 e. The third-order valence-electron chi connectivity index (χ3n) is 7.05. The molecule has 0 N–H and O–H groups in total. The summed E-state index contributed by atoms with van der Waals surface area (Å²) in [6.07, 6.45) is 10.5. The standard InChI is InChI=1S/C26H32/c1-3-9-21-10-7-13-25(20(21)2)22-14-16-24(17-15-22)26(18-8-19-26)23-11-5-4-6-12-23/h4-6,11-12,14-17,21,25H,2-3,7-10,13,18-19H2,1H3. The van der Waals surface area contributed by atoms with Crippen LogP contribution in [-0.2, 0) is 5.41 Å². The Labute approximate surface area is 159 Å². The van der Waals surface area contributed by atoms with Crippen molar-refractivity contribution in [2.75, 3.05) is 0 Å². The van der Waals surface area contributed by atoms with Gasteiger partial charge in [-0.05, 0) is 54.7 Å². The normalized spacial score (nSPS) is 24.9. The molecule has 2 unspecified atom stereocenters. The van der Waals surface area contributed by atoms with E-state index in [-0.39, 0.29) is 5.41 Å². The predicted octanol–water partition coefficient (Wildman–Crippen LogP) is 7.40. The maximum Gasteiger partial charge on any atom is 0.0202 e. The van der Waals surface area contributed by atoms with Crippen LogP contribution in [0.25, 0.3) is 0 Å². The summed E-state index contributed by atoms with van der Waals surface area (Å²) in [6.45, 7) is 6.82. The van der Waals surface area contributed by atoms with Crippen molar-refractivity contribution in [2.24, 2.45) is 5.92 Å². The molecule has 136 valence electrons. The lowest BCUT2D eigenvalue weighted by Crippen LogP contribution is -2.35. The minimum atomic E-state index is 0.258. The van der Waals surface area contributed by atoms with Crippen LogP contribution in [0.4, 0.5) is 0 Å². The van der Waals surface area contributed by atoms with Crippen LogP contribution < -0.4 is 0 Å². The van der Waals surface area contributed by atoms with Gasteiger partial charge >= 0.3 is 0 Å². The quantitative estimate of drug-likeness (QED) is 0.496. The summed E-state index contributed by atoms with van der Waals surface area (Å²) < 4.78 is 0. The molecule has 0 heteroatoms. The van der Waals surface area contributed by atoms with Crippen LogP contribution in [0.5, 0.6) is 0 Å². The second-order valence-corrected chi connectivity index (χ2v) is 8.47. The summed E-state index contributed by atoms with van der Waals surface area (Å²) in [5.74, 6) is 1.31. The van der Waals surface area contributed by atoms with Gasteiger partial charge in [0.2, 0.25) is 0 Å². The van der Waals surface area contributed by atoms with Gasteiger partial charge in [-0.15, -0.1) is 0 Å². The molecule has 2 aromatic carbocycles.